The third-order valence-electron chi connectivity index (χ3n) is 2.11. The van der Waals surface area contributed by atoms with Crippen LogP contribution in [0.25, 0.3) is 0 Å². The molecule has 1 unspecified atom stereocenters. The highest BCUT2D eigenvalue weighted by Gasteiger charge is 2.10. The fourth-order valence-electron chi connectivity index (χ4n) is 1.37. The summed E-state index contributed by atoms with van der Waals surface area (Å²) < 4.78 is 0. The van der Waals surface area contributed by atoms with Crippen molar-refractivity contribution in [1.82, 2.24) is 5.32 Å². The van der Waals surface area contributed by atoms with E-state index in [9.17, 15) is 9.59 Å². The van der Waals surface area contributed by atoms with Gasteiger partial charge >= 0.3 is 12.0 Å². The van der Waals surface area contributed by atoms with Crippen molar-refractivity contribution in [2.75, 3.05) is 5.32 Å². The summed E-state index contributed by atoms with van der Waals surface area (Å²) in [5.74, 6) is -0.978. The van der Waals surface area contributed by atoms with Crippen molar-refractivity contribution in [3.05, 3.63) is 29.8 Å². The van der Waals surface area contributed by atoms with E-state index < -0.39 is 18.0 Å². The Morgan fingerprint density at radius 1 is 1.50 bits per heavy atom. The molecule has 0 aliphatic carbocycles. The summed E-state index contributed by atoms with van der Waals surface area (Å²) in [6, 6.07) is 7.43. The van der Waals surface area contributed by atoms with Crippen LogP contribution in [0.2, 0.25) is 0 Å². The van der Waals surface area contributed by atoms with Gasteiger partial charge in [-0.1, -0.05) is 6.07 Å². The number of amides is 2. The highest BCUT2D eigenvalue weighted by molar-refractivity contribution is 5.89. The van der Waals surface area contributed by atoms with E-state index in [0.29, 0.717) is 11.3 Å². The number of nitrogens with zero attached hydrogens (tertiary/aromatic N) is 1. The summed E-state index contributed by atoms with van der Waals surface area (Å²) in [7, 11) is 0. The summed E-state index contributed by atoms with van der Waals surface area (Å²) in [5.41, 5.74) is 0.917. The van der Waals surface area contributed by atoms with Crippen LogP contribution in [0, 0.1) is 11.3 Å². The van der Waals surface area contributed by atoms with E-state index in [1.54, 1.807) is 25.1 Å². The van der Waals surface area contributed by atoms with Gasteiger partial charge in [0.2, 0.25) is 0 Å². The Hall–Kier alpha value is -2.55. The minimum absolute atomic E-state index is 0.147. The number of anilines is 1. The number of benzene rings is 1. The van der Waals surface area contributed by atoms with E-state index in [-0.39, 0.29) is 6.42 Å². The number of hydrogen-bond donors (Lipinski definition) is 3. The first-order chi connectivity index (χ1) is 8.51. The number of nitriles is 1. The van der Waals surface area contributed by atoms with Gasteiger partial charge in [0.25, 0.3) is 0 Å². The average molecular weight is 247 g/mol. The van der Waals surface area contributed by atoms with Crippen LogP contribution in [0.15, 0.2) is 24.3 Å². The Kier molecular flexibility index (Phi) is 4.69. The van der Waals surface area contributed by atoms with Crippen LogP contribution in [0.5, 0.6) is 0 Å². The second-order valence-electron chi connectivity index (χ2n) is 3.79. The Labute approximate surface area is 104 Å². The molecule has 18 heavy (non-hydrogen) atoms. The molecule has 0 saturated carbocycles. The Balaban J connectivity index is 2.54. The number of aliphatic carboxylic acids is 1. The number of carboxylic acids is 1. The first-order valence-corrected chi connectivity index (χ1v) is 5.30. The molecule has 0 spiro atoms. The van der Waals surface area contributed by atoms with Gasteiger partial charge in [-0.2, -0.15) is 5.26 Å². The topological polar surface area (TPSA) is 102 Å². The third-order valence-corrected chi connectivity index (χ3v) is 2.11. The van der Waals surface area contributed by atoms with Gasteiger partial charge < -0.3 is 15.7 Å². The lowest BCUT2D eigenvalue weighted by atomic mass is 10.2. The number of carbonyl (C=O) groups is 2. The maximum atomic E-state index is 11.5. The fourth-order valence-corrected chi connectivity index (χ4v) is 1.37. The van der Waals surface area contributed by atoms with Gasteiger partial charge in [0.15, 0.2) is 0 Å². The fraction of sp³-hybridized carbons (Fsp3) is 0.250. The van der Waals surface area contributed by atoms with Gasteiger partial charge in [-0.25, -0.2) is 4.79 Å². The normalized spacial score (nSPS) is 11.1. The zero-order valence-electron chi connectivity index (χ0n) is 9.80. The van der Waals surface area contributed by atoms with E-state index >= 15 is 0 Å². The SMILES string of the molecule is CC(CC(=O)O)NC(=O)Nc1cccc(C#N)c1. The molecule has 1 aromatic carbocycles. The molecule has 6 nitrogen and oxygen atoms in total. The van der Waals surface area contributed by atoms with Gasteiger partial charge in [0, 0.05) is 11.7 Å². The maximum absolute atomic E-state index is 11.5. The number of rotatable bonds is 4. The Bertz CT molecular complexity index is 494. The van der Waals surface area contributed by atoms with E-state index in [1.807, 2.05) is 6.07 Å². The lowest BCUT2D eigenvalue weighted by molar-refractivity contribution is -0.137. The molecule has 0 aliphatic heterocycles. The second kappa shape index (κ2) is 6.25. The van der Waals surface area contributed by atoms with Gasteiger partial charge in [0.05, 0.1) is 18.1 Å². The molecule has 1 aromatic rings. The Morgan fingerprint density at radius 2 is 2.22 bits per heavy atom. The predicted molar refractivity (Wildman–Crippen MR) is 65.0 cm³/mol. The number of urea groups is 1. The number of carboxylic acid groups (broad SMARTS) is 1. The van der Waals surface area contributed by atoms with E-state index in [1.165, 1.54) is 6.07 Å². The molecule has 1 rings (SSSR count). The number of hydrogen-bond acceptors (Lipinski definition) is 3. The largest absolute Gasteiger partial charge is 0.481 e. The van der Waals surface area contributed by atoms with Crippen LogP contribution in [0.3, 0.4) is 0 Å². The van der Waals surface area contributed by atoms with Crippen LogP contribution in [0.4, 0.5) is 10.5 Å². The quantitative estimate of drug-likeness (QED) is 0.750. The highest BCUT2D eigenvalue weighted by Crippen LogP contribution is 2.09. The van der Waals surface area contributed by atoms with Crippen molar-refractivity contribution in [2.24, 2.45) is 0 Å². The average Bonchev–Trinajstić information content (AvgIpc) is 2.27. The molecule has 1 atom stereocenters. The van der Waals surface area contributed by atoms with Crippen LogP contribution in [0.1, 0.15) is 18.9 Å². The third kappa shape index (κ3) is 4.53. The van der Waals surface area contributed by atoms with E-state index in [2.05, 4.69) is 10.6 Å². The molecule has 2 amide bonds. The second-order valence-corrected chi connectivity index (χ2v) is 3.79. The lowest BCUT2D eigenvalue weighted by Gasteiger charge is -2.12. The van der Waals surface area contributed by atoms with Gasteiger partial charge in [-0.3, -0.25) is 4.79 Å². The van der Waals surface area contributed by atoms with Crippen molar-refractivity contribution >= 4 is 17.7 Å². The first kappa shape index (κ1) is 13.5. The molecule has 3 N–H and O–H groups in total. The molecule has 0 bridgehead atoms. The number of carbonyl (C=O) groups excluding carboxylic acids is 1. The molecular formula is C12H13N3O3. The van der Waals surface area contributed by atoms with E-state index in [4.69, 9.17) is 10.4 Å². The molecule has 0 aliphatic rings. The minimum Gasteiger partial charge on any atom is -0.481 e. The molecule has 0 aromatic heterocycles. The van der Waals surface area contributed by atoms with Crippen molar-refractivity contribution in [2.45, 2.75) is 19.4 Å². The van der Waals surface area contributed by atoms with Crippen LogP contribution >= 0.6 is 0 Å². The standard InChI is InChI=1S/C12H13N3O3/c1-8(5-11(16)17)14-12(18)15-10-4-2-3-9(6-10)7-13/h2-4,6,8H,5H2,1H3,(H,16,17)(H2,14,15,18). The molecule has 0 saturated heterocycles. The highest BCUT2D eigenvalue weighted by atomic mass is 16.4. The Morgan fingerprint density at radius 3 is 2.83 bits per heavy atom. The molecule has 6 heteroatoms. The smallest absolute Gasteiger partial charge is 0.319 e. The van der Waals surface area contributed by atoms with Crippen LogP contribution in [-0.2, 0) is 4.79 Å². The molecule has 94 valence electrons. The molecule has 0 heterocycles. The van der Waals surface area contributed by atoms with Crippen molar-refractivity contribution in [3.8, 4) is 6.07 Å². The van der Waals surface area contributed by atoms with Crippen molar-refractivity contribution < 1.29 is 14.7 Å². The van der Waals surface area contributed by atoms with Gasteiger partial charge in [0.1, 0.15) is 0 Å². The molecule has 0 fully saturated rings. The van der Waals surface area contributed by atoms with Crippen LogP contribution in [-0.4, -0.2) is 23.1 Å². The zero-order chi connectivity index (χ0) is 13.5. The summed E-state index contributed by atoms with van der Waals surface area (Å²) in [6.45, 7) is 1.60. The first-order valence-electron chi connectivity index (χ1n) is 5.30. The minimum atomic E-state index is -0.978. The lowest BCUT2D eigenvalue weighted by Crippen LogP contribution is -2.37. The van der Waals surface area contributed by atoms with Gasteiger partial charge in [-0.15, -0.1) is 0 Å². The van der Waals surface area contributed by atoms with Crippen LogP contribution < -0.4 is 10.6 Å². The molecule has 0 radical (unpaired) electrons. The monoisotopic (exact) mass is 247 g/mol. The summed E-state index contributed by atoms with van der Waals surface area (Å²) in [4.78, 5) is 21.9. The summed E-state index contributed by atoms with van der Waals surface area (Å²) in [5, 5.41) is 22.3. The summed E-state index contributed by atoms with van der Waals surface area (Å²) >= 11 is 0. The predicted octanol–water partition coefficient (Wildman–Crippen LogP) is 1.54. The number of nitrogens with one attached hydrogen (secondary N) is 2. The van der Waals surface area contributed by atoms with Crippen molar-refractivity contribution in [1.29, 1.82) is 5.26 Å². The maximum Gasteiger partial charge on any atom is 0.319 e. The van der Waals surface area contributed by atoms with Gasteiger partial charge in [-0.05, 0) is 25.1 Å². The summed E-state index contributed by atoms with van der Waals surface area (Å²) in [6.07, 6.45) is -0.147. The van der Waals surface area contributed by atoms with Crippen molar-refractivity contribution in [3.63, 3.8) is 0 Å². The zero-order valence-corrected chi connectivity index (χ0v) is 9.80. The molecular weight excluding hydrogens is 234 g/mol. The van der Waals surface area contributed by atoms with E-state index in [0.717, 1.165) is 0 Å².